The number of aromatic nitrogens is 3. The summed E-state index contributed by atoms with van der Waals surface area (Å²) in [5, 5.41) is 10.8. The number of H-pyrrole nitrogens is 1. The molecule has 2 atom stereocenters. The summed E-state index contributed by atoms with van der Waals surface area (Å²) in [6.45, 7) is 2.83. The summed E-state index contributed by atoms with van der Waals surface area (Å²) in [4.78, 5) is 11.5. The second-order valence-corrected chi connectivity index (χ2v) is 7.44. The molecule has 2 heterocycles. The largest absolute Gasteiger partial charge is 0.497 e. The lowest BCUT2D eigenvalue weighted by molar-refractivity contribution is 0.299. The van der Waals surface area contributed by atoms with Crippen LogP contribution in [0.15, 0.2) is 29.3 Å². The molecule has 28 heavy (non-hydrogen) atoms. The first-order chi connectivity index (χ1) is 13.3. The summed E-state index contributed by atoms with van der Waals surface area (Å²) >= 11 is 0. The maximum absolute atomic E-state index is 5.19. The van der Waals surface area contributed by atoms with Crippen molar-refractivity contribution in [2.75, 3.05) is 27.2 Å². The molecule has 2 N–H and O–H groups in total. The Bertz CT molecular complexity index is 776. The topological polar surface area (TPSA) is 78.4 Å². The molecule has 7 nitrogen and oxygen atoms in total. The zero-order chi connectivity index (χ0) is 18.6. The molecule has 2 fully saturated rings. The molecule has 1 saturated heterocycles. The number of nitrogens with one attached hydrogen (secondary N) is 2. The van der Waals surface area contributed by atoms with E-state index in [0.29, 0.717) is 12.4 Å². The third kappa shape index (κ3) is 4.59. The average Bonchev–Trinajstić information content (AvgIpc) is 3.35. The maximum Gasteiger partial charge on any atom is 0.194 e. The summed E-state index contributed by atoms with van der Waals surface area (Å²) < 4.78 is 5.19. The van der Waals surface area contributed by atoms with E-state index in [1.165, 1.54) is 25.7 Å². The van der Waals surface area contributed by atoms with Crippen molar-refractivity contribution < 1.29 is 4.74 Å². The van der Waals surface area contributed by atoms with E-state index < -0.39 is 0 Å². The third-order valence-electron chi connectivity index (χ3n) is 5.78. The van der Waals surface area contributed by atoms with Gasteiger partial charge in [-0.15, -0.1) is 24.0 Å². The monoisotopic (exact) mass is 496 g/mol. The molecule has 0 amide bonds. The molecule has 2 aliphatic rings. The van der Waals surface area contributed by atoms with E-state index in [9.17, 15) is 0 Å². The van der Waals surface area contributed by atoms with Crippen LogP contribution in [0, 0.1) is 11.8 Å². The highest BCUT2D eigenvalue weighted by atomic mass is 127. The highest BCUT2D eigenvalue weighted by Gasteiger charge is 2.35. The van der Waals surface area contributed by atoms with Crippen LogP contribution in [0.4, 0.5) is 0 Å². The number of rotatable bonds is 4. The number of nitrogens with zero attached hydrogens (tertiary/aromatic N) is 4. The van der Waals surface area contributed by atoms with E-state index in [1.54, 1.807) is 7.11 Å². The molecule has 4 rings (SSSR count). The number of halogens is 1. The van der Waals surface area contributed by atoms with Gasteiger partial charge >= 0.3 is 0 Å². The molecule has 2 aromatic rings. The van der Waals surface area contributed by atoms with Crippen molar-refractivity contribution in [1.82, 2.24) is 25.4 Å². The van der Waals surface area contributed by atoms with Crippen molar-refractivity contribution in [1.29, 1.82) is 0 Å². The van der Waals surface area contributed by atoms with Crippen molar-refractivity contribution >= 4 is 29.9 Å². The molecule has 0 spiro atoms. The number of likely N-dealkylation sites (tertiary alicyclic amines) is 1. The van der Waals surface area contributed by atoms with Gasteiger partial charge < -0.3 is 15.0 Å². The van der Waals surface area contributed by atoms with Crippen LogP contribution in [-0.4, -0.2) is 53.3 Å². The minimum atomic E-state index is 0. The Morgan fingerprint density at radius 3 is 2.50 bits per heavy atom. The number of fused-ring (bicyclic) bond motifs is 1. The number of aliphatic imine (C=N–C) groups is 1. The van der Waals surface area contributed by atoms with Gasteiger partial charge in [-0.2, -0.15) is 5.10 Å². The van der Waals surface area contributed by atoms with Gasteiger partial charge in [-0.3, -0.25) is 10.1 Å². The third-order valence-corrected chi connectivity index (χ3v) is 5.78. The van der Waals surface area contributed by atoms with Crippen LogP contribution in [0.3, 0.4) is 0 Å². The molecule has 1 aromatic heterocycles. The van der Waals surface area contributed by atoms with E-state index in [1.807, 2.05) is 31.3 Å². The molecule has 2 unspecified atom stereocenters. The van der Waals surface area contributed by atoms with Crippen molar-refractivity contribution in [3.05, 3.63) is 30.1 Å². The number of hydrogen-bond donors (Lipinski definition) is 2. The Balaban J connectivity index is 0.00000225. The van der Waals surface area contributed by atoms with Crippen LogP contribution in [0.25, 0.3) is 11.4 Å². The molecule has 1 saturated carbocycles. The van der Waals surface area contributed by atoms with Crippen LogP contribution in [-0.2, 0) is 6.54 Å². The van der Waals surface area contributed by atoms with Gasteiger partial charge in [0.1, 0.15) is 11.6 Å². The van der Waals surface area contributed by atoms with Crippen LogP contribution in [0.2, 0.25) is 0 Å². The van der Waals surface area contributed by atoms with Gasteiger partial charge in [0.25, 0.3) is 0 Å². The molecular formula is C20H29IN6O. The Morgan fingerprint density at radius 1 is 1.21 bits per heavy atom. The van der Waals surface area contributed by atoms with Crippen molar-refractivity contribution in [3.63, 3.8) is 0 Å². The van der Waals surface area contributed by atoms with Crippen LogP contribution in [0.1, 0.15) is 31.5 Å². The fourth-order valence-corrected chi connectivity index (χ4v) is 4.32. The van der Waals surface area contributed by atoms with Crippen molar-refractivity contribution in [2.24, 2.45) is 16.8 Å². The van der Waals surface area contributed by atoms with E-state index in [4.69, 9.17) is 4.74 Å². The SMILES string of the molecule is CN=C(NCc1nc(-c2ccc(OC)cc2)n[nH]1)N1CC2CCCCC2C1.I. The van der Waals surface area contributed by atoms with Crippen molar-refractivity contribution in [3.8, 4) is 17.1 Å². The van der Waals surface area contributed by atoms with Gasteiger partial charge in [0.2, 0.25) is 0 Å². The lowest BCUT2D eigenvalue weighted by Gasteiger charge is -2.22. The van der Waals surface area contributed by atoms with Crippen LogP contribution >= 0.6 is 24.0 Å². The lowest BCUT2D eigenvalue weighted by Crippen LogP contribution is -2.40. The minimum absolute atomic E-state index is 0. The molecule has 0 bridgehead atoms. The minimum Gasteiger partial charge on any atom is -0.497 e. The number of ether oxygens (including phenoxy) is 1. The van der Waals surface area contributed by atoms with Crippen molar-refractivity contribution in [2.45, 2.75) is 32.2 Å². The number of guanidine groups is 1. The normalized spacial score (nSPS) is 21.8. The zero-order valence-corrected chi connectivity index (χ0v) is 18.8. The van der Waals surface area contributed by atoms with Crippen LogP contribution < -0.4 is 10.1 Å². The number of methoxy groups -OCH3 is 1. The predicted octanol–water partition coefficient (Wildman–Crippen LogP) is 3.30. The molecule has 1 aliphatic heterocycles. The molecule has 8 heteroatoms. The summed E-state index contributed by atoms with van der Waals surface area (Å²) in [6, 6.07) is 7.75. The first-order valence-electron chi connectivity index (χ1n) is 9.78. The Morgan fingerprint density at radius 2 is 1.89 bits per heavy atom. The van der Waals surface area contributed by atoms with Crippen LogP contribution in [0.5, 0.6) is 5.75 Å². The summed E-state index contributed by atoms with van der Waals surface area (Å²) in [6.07, 6.45) is 5.50. The smallest absolute Gasteiger partial charge is 0.194 e. The predicted molar refractivity (Wildman–Crippen MR) is 121 cm³/mol. The Hall–Kier alpha value is -1.84. The van der Waals surface area contributed by atoms with E-state index in [-0.39, 0.29) is 24.0 Å². The molecular weight excluding hydrogens is 467 g/mol. The number of aromatic amines is 1. The number of hydrogen-bond acceptors (Lipinski definition) is 4. The lowest BCUT2D eigenvalue weighted by atomic mass is 9.82. The Labute approximate surface area is 183 Å². The Kier molecular flexibility index (Phi) is 7.14. The summed E-state index contributed by atoms with van der Waals surface area (Å²) in [7, 11) is 3.52. The van der Waals surface area contributed by atoms with E-state index >= 15 is 0 Å². The summed E-state index contributed by atoms with van der Waals surface area (Å²) in [5.41, 5.74) is 0.964. The van der Waals surface area contributed by atoms with Gasteiger partial charge in [-0.25, -0.2) is 4.98 Å². The molecule has 152 valence electrons. The average molecular weight is 496 g/mol. The number of benzene rings is 1. The first kappa shape index (κ1) is 20.9. The van der Waals surface area contributed by atoms with Gasteiger partial charge in [-0.1, -0.05) is 12.8 Å². The highest BCUT2D eigenvalue weighted by Crippen LogP contribution is 2.35. The first-order valence-corrected chi connectivity index (χ1v) is 9.78. The van der Waals surface area contributed by atoms with Gasteiger partial charge in [0.05, 0.1) is 13.7 Å². The fourth-order valence-electron chi connectivity index (χ4n) is 4.32. The summed E-state index contributed by atoms with van der Waals surface area (Å²) in [5.74, 6) is 4.96. The fraction of sp³-hybridized carbons (Fsp3) is 0.550. The highest BCUT2D eigenvalue weighted by molar-refractivity contribution is 14.0. The standard InChI is InChI=1S/C20H28N6O.HI/c1-21-20(26-12-15-5-3-4-6-16(15)13-26)22-11-18-23-19(25-24-18)14-7-9-17(27-2)10-8-14;/h7-10,15-16H,3-6,11-13H2,1-2H3,(H,21,22)(H,23,24,25);1H. The second-order valence-electron chi connectivity index (χ2n) is 7.44. The van der Waals surface area contributed by atoms with Gasteiger partial charge in [0.15, 0.2) is 11.8 Å². The van der Waals surface area contributed by atoms with Gasteiger partial charge in [-0.05, 0) is 48.9 Å². The zero-order valence-electron chi connectivity index (χ0n) is 16.5. The molecule has 0 radical (unpaired) electrons. The van der Waals surface area contributed by atoms with E-state index in [2.05, 4.69) is 30.4 Å². The van der Waals surface area contributed by atoms with Gasteiger partial charge in [0, 0.05) is 25.7 Å². The molecule has 1 aromatic carbocycles. The maximum atomic E-state index is 5.19. The van der Waals surface area contributed by atoms with E-state index in [0.717, 1.165) is 48.0 Å². The quantitative estimate of drug-likeness (QED) is 0.386. The molecule has 1 aliphatic carbocycles. The second kappa shape index (κ2) is 9.58.